The van der Waals surface area contributed by atoms with Crippen molar-refractivity contribution in [2.45, 2.75) is 26.8 Å². The molecule has 1 atom stereocenters. The Labute approximate surface area is 90.2 Å². The number of nitrogens with two attached hydrogens (primary N) is 1. The molecule has 0 radical (unpaired) electrons. The predicted octanol–water partition coefficient (Wildman–Crippen LogP) is 2.50. The molecular weight excluding hydrogens is 193 g/mol. The van der Waals surface area contributed by atoms with Gasteiger partial charge in [0.05, 0.1) is 0 Å². The third-order valence-electron chi connectivity index (χ3n) is 2.44. The van der Waals surface area contributed by atoms with E-state index in [-0.39, 0.29) is 11.9 Å². The standard InChI is InChI=1S/C12H18FNO/c1-8(2)12(14)7-15-10-5-4-9(3)11(13)6-10/h4-6,8,12H,7,14H2,1-3H3/t12-/m0/s1. The summed E-state index contributed by atoms with van der Waals surface area (Å²) < 4.78 is 18.6. The first-order valence-electron chi connectivity index (χ1n) is 5.15. The summed E-state index contributed by atoms with van der Waals surface area (Å²) in [7, 11) is 0. The van der Waals surface area contributed by atoms with E-state index in [0.29, 0.717) is 23.8 Å². The summed E-state index contributed by atoms with van der Waals surface area (Å²) in [6, 6.07) is 4.83. The molecule has 0 spiro atoms. The van der Waals surface area contributed by atoms with Crippen molar-refractivity contribution in [3.8, 4) is 5.75 Å². The van der Waals surface area contributed by atoms with Crippen LogP contribution in [0, 0.1) is 18.7 Å². The SMILES string of the molecule is Cc1ccc(OC[C@H](N)C(C)C)cc1F. The summed E-state index contributed by atoms with van der Waals surface area (Å²) in [5.41, 5.74) is 6.43. The highest BCUT2D eigenvalue weighted by Gasteiger charge is 2.08. The van der Waals surface area contributed by atoms with Gasteiger partial charge in [-0.2, -0.15) is 0 Å². The first-order chi connectivity index (χ1) is 7.00. The zero-order valence-electron chi connectivity index (χ0n) is 9.46. The number of aryl methyl sites for hydroxylation is 1. The van der Waals surface area contributed by atoms with Crippen molar-refractivity contribution in [3.63, 3.8) is 0 Å². The highest BCUT2D eigenvalue weighted by atomic mass is 19.1. The summed E-state index contributed by atoms with van der Waals surface area (Å²) in [5.74, 6) is 0.653. The van der Waals surface area contributed by atoms with Crippen LogP contribution in [-0.4, -0.2) is 12.6 Å². The zero-order chi connectivity index (χ0) is 11.4. The summed E-state index contributed by atoms with van der Waals surface area (Å²) in [4.78, 5) is 0. The van der Waals surface area contributed by atoms with E-state index in [4.69, 9.17) is 10.5 Å². The van der Waals surface area contributed by atoms with Gasteiger partial charge in [0.25, 0.3) is 0 Å². The van der Waals surface area contributed by atoms with Crippen molar-refractivity contribution in [1.29, 1.82) is 0 Å². The summed E-state index contributed by atoms with van der Waals surface area (Å²) in [6.45, 7) is 6.20. The molecule has 0 bridgehead atoms. The fourth-order valence-electron chi connectivity index (χ4n) is 1.05. The van der Waals surface area contributed by atoms with E-state index >= 15 is 0 Å². The highest BCUT2D eigenvalue weighted by molar-refractivity contribution is 5.27. The second-order valence-electron chi connectivity index (χ2n) is 4.13. The highest BCUT2D eigenvalue weighted by Crippen LogP contribution is 2.16. The monoisotopic (exact) mass is 211 g/mol. The molecule has 0 aliphatic heterocycles. The maximum absolute atomic E-state index is 13.2. The Morgan fingerprint density at radius 1 is 1.40 bits per heavy atom. The number of hydrogen-bond donors (Lipinski definition) is 1. The van der Waals surface area contributed by atoms with Crippen LogP contribution in [0.5, 0.6) is 5.75 Å². The minimum absolute atomic E-state index is 0.0191. The molecule has 0 fully saturated rings. The lowest BCUT2D eigenvalue weighted by molar-refractivity contribution is 0.258. The van der Waals surface area contributed by atoms with Gasteiger partial charge in [-0.3, -0.25) is 0 Å². The zero-order valence-corrected chi connectivity index (χ0v) is 9.46. The minimum atomic E-state index is -0.245. The van der Waals surface area contributed by atoms with Crippen molar-refractivity contribution in [1.82, 2.24) is 0 Å². The second kappa shape index (κ2) is 5.12. The summed E-state index contributed by atoms with van der Waals surface area (Å²) in [6.07, 6.45) is 0. The number of hydrogen-bond acceptors (Lipinski definition) is 2. The number of rotatable bonds is 4. The van der Waals surface area contributed by atoms with Crippen LogP contribution in [0.2, 0.25) is 0 Å². The topological polar surface area (TPSA) is 35.2 Å². The number of benzene rings is 1. The van der Waals surface area contributed by atoms with Gasteiger partial charge in [0, 0.05) is 12.1 Å². The average Bonchev–Trinajstić information content (AvgIpc) is 2.19. The molecule has 0 aromatic heterocycles. The van der Waals surface area contributed by atoms with Gasteiger partial charge in [-0.1, -0.05) is 19.9 Å². The lowest BCUT2D eigenvalue weighted by Gasteiger charge is -2.16. The quantitative estimate of drug-likeness (QED) is 0.830. The van der Waals surface area contributed by atoms with Crippen LogP contribution >= 0.6 is 0 Å². The van der Waals surface area contributed by atoms with Gasteiger partial charge < -0.3 is 10.5 Å². The fraction of sp³-hybridized carbons (Fsp3) is 0.500. The smallest absolute Gasteiger partial charge is 0.129 e. The van der Waals surface area contributed by atoms with Gasteiger partial charge in [0.2, 0.25) is 0 Å². The van der Waals surface area contributed by atoms with Crippen molar-refractivity contribution >= 4 is 0 Å². The predicted molar refractivity (Wildman–Crippen MR) is 59.4 cm³/mol. The molecule has 0 saturated carbocycles. The van der Waals surface area contributed by atoms with Gasteiger partial charge in [-0.25, -0.2) is 4.39 Å². The van der Waals surface area contributed by atoms with Crippen molar-refractivity contribution in [2.75, 3.05) is 6.61 Å². The second-order valence-corrected chi connectivity index (χ2v) is 4.13. The Bertz CT molecular complexity index is 325. The molecular formula is C12H18FNO. The lowest BCUT2D eigenvalue weighted by Crippen LogP contribution is -2.33. The molecule has 3 heteroatoms. The molecule has 2 nitrogen and oxygen atoms in total. The molecule has 84 valence electrons. The van der Waals surface area contributed by atoms with E-state index in [9.17, 15) is 4.39 Å². The van der Waals surface area contributed by atoms with E-state index in [1.807, 2.05) is 13.8 Å². The summed E-state index contributed by atoms with van der Waals surface area (Å²) >= 11 is 0. The minimum Gasteiger partial charge on any atom is -0.492 e. The first kappa shape index (κ1) is 12.0. The largest absolute Gasteiger partial charge is 0.492 e. The van der Waals surface area contributed by atoms with Gasteiger partial charge in [-0.15, -0.1) is 0 Å². The van der Waals surface area contributed by atoms with Crippen LogP contribution in [-0.2, 0) is 0 Å². The fourth-order valence-corrected chi connectivity index (χ4v) is 1.05. The molecule has 0 unspecified atom stereocenters. The molecule has 0 amide bonds. The molecule has 0 aliphatic carbocycles. The van der Waals surface area contributed by atoms with E-state index < -0.39 is 0 Å². The first-order valence-corrected chi connectivity index (χ1v) is 5.15. The molecule has 1 rings (SSSR count). The number of halogens is 1. The van der Waals surface area contributed by atoms with Crippen molar-refractivity contribution in [2.24, 2.45) is 11.7 Å². The Kier molecular flexibility index (Phi) is 4.09. The van der Waals surface area contributed by atoms with Crippen LogP contribution < -0.4 is 10.5 Å². The van der Waals surface area contributed by atoms with Crippen LogP contribution in [0.3, 0.4) is 0 Å². The molecule has 0 aliphatic rings. The third-order valence-corrected chi connectivity index (χ3v) is 2.44. The van der Waals surface area contributed by atoms with Crippen LogP contribution in [0.4, 0.5) is 4.39 Å². The van der Waals surface area contributed by atoms with E-state index in [2.05, 4.69) is 0 Å². The van der Waals surface area contributed by atoms with E-state index in [0.717, 1.165) is 0 Å². The summed E-state index contributed by atoms with van der Waals surface area (Å²) in [5, 5.41) is 0. The lowest BCUT2D eigenvalue weighted by atomic mass is 10.1. The maximum Gasteiger partial charge on any atom is 0.129 e. The van der Waals surface area contributed by atoms with Gasteiger partial charge in [0.15, 0.2) is 0 Å². The van der Waals surface area contributed by atoms with Gasteiger partial charge in [0.1, 0.15) is 18.2 Å². The molecule has 1 aromatic rings. The van der Waals surface area contributed by atoms with Crippen LogP contribution in [0.1, 0.15) is 19.4 Å². The molecule has 1 aromatic carbocycles. The van der Waals surface area contributed by atoms with E-state index in [1.54, 1.807) is 19.1 Å². The molecule has 0 saturated heterocycles. The third kappa shape index (κ3) is 3.51. The molecule has 0 heterocycles. The normalized spacial score (nSPS) is 12.9. The van der Waals surface area contributed by atoms with Gasteiger partial charge in [-0.05, 0) is 24.5 Å². The van der Waals surface area contributed by atoms with Crippen LogP contribution in [0.15, 0.2) is 18.2 Å². The maximum atomic E-state index is 13.2. The molecule has 15 heavy (non-hydrogen) atoms. The molecule has 2 N–H and O–H groups in total. The number of ether oxygens (including phenoxy) is 1. The van der Waals surface area contributed by atoms with Crippen LogP contribution in [0.25, 0.3) is 0 Å². The Hall–Kier alpha value is -1.09. The van der Waals surface area contributed by atoms with E-state index in [1.165, 1.54) is 6.07 Å². The van der Waals surface area contributed by atoms with Crippen molar-refractivity contribution in [3.05, 3.63) is 29.6 Å². The average molecular weight is 211 g/mol. The van der Waals surface area contributed by atoms with Gasteiger partial charge >= 0.3 is 0 Å². The Balaban J connectivity index is 2.55. The Morgan fingerprint density at radius 3 is 2.60 bits per heavy atom. The Morgan fingerprint density at radius 2 is 2.07 bits per heavy atom. The van der Waals surface area contributed by atoms with Crippen molar-refractivity contribution < 1.29 is 9.13 Å².